The van der Waals surface area contributed by atoms with Gasteiger partial charge in [-0.1, -0.05) is 41.4 Å². The second-order valence-electron chi connectivity index (χ2n) is 9.32. The highest BCUT2D eigenvalue weighted by atomic mass is 35.5. The minimum absolute atomic E-state index is 0.345. The summed E-state index contributed by atoms with van der Waals surface area (Å²) in [6, 6.07) is 13.1. The number of hydrogen-bond donors (Lipinski definition) is 1. The summed E-state index contributed by atoms with van der Waals surface area (Å²) < 4.78 is 5.93. The molecule has 0 aliphatic carbocycles. The first-order valence-corrected chi connectivity index (χ1v) is 13.6. The Morgan fingerprint density at radius 2 is 1.51 bits per heavy atom. The number of rotatable bonds is 8. The Kier molecular flexibility index (Phi) is 8.58. The van der Waals surface area contributed by atoms with Crippen molar-refractivity contribution in [1.29, 1.82) is 0 Å². The molecule has 2 aromatic carbocycles. The first-order chi connectivity index (χ1) is 18.1. The molecule has 3 aromatic rings. The quantitative estimate of drug-likeness (QED) is 0.270. The zero-order valence-corrected chi connectivity index (χ0v) is 22.3. The molecule has 8 nitrogen and oxygen atoms in total. The van der Waals surface area contributed by atoms with Crippen LogP contribution in [-0.4, -0.2) is 47.3 Å². The van der Waals surface area contributed by atoms with Gasteiger partial charge in [-0.25, -0.2) is 5.43 Å². The van der Waals surface area contributed by atoms with E-state index in [9.17, 15) is 0 Å². The van der Waals surface area contributed by atoms with Gasteiger partial charge in [0, 0.05) is 41.8 Å². The summed E-state index contributed by atoms with van der Waals surface area (Å²) in [4.78, 5) is 18.7. The van der Waals surface area contributed by atoms with E-state index in [4.69, 9.17) is 32.9 Å². The lowest BCUT2D eigenvalue weighted by molar-refractivity contribution is 0.306. The van der Waals surface area contributed by atoms with Gasteiger partial charge in [0.05, 0.1) is 6.21 Å². The molecule has 0 atom stereocenters. The van der Waals surface area contributed by atoms with Crippen LogP contribution in [0.5, 0.6) is 5.75 Å². The Morgan fingerprint density at radius 3 is 2.16 bits per heavy atom. The zero-order chi connectivity index (χ0) is 25.5. The Hall–Kier alpha value is -3.10. The number of benzene rings is 2. The van der Waals surface area contributed by atoms with Crippen LogP contribution in [-0.2, 0) is 6.61 Å². The molecular weight excluding hydrogens is 509 g/mol. The van der Waals surface area contributed by atoms with Gasteiger partial charge in [-0.15, -0.1) is 0 Å². The fourth-order valence-electron chi connectivity index (χ4n) is 4.52. The molecule has 0 amide bonds. The molecule has 5 rings (SSSR count). The van der Waals surface area contributed by atoms with E-state index in [1.165, 1.54) is 12.8 Å². The first-order valence-electron chi connectivity index (χ1n) is 12.9. The minimum Gasteiger partial charge on any atom is -0.489 e. The molecule has 1 aromatic heterocycles. The summed E-state index contributed by atoms with van der Waals surface area (Å²) in [7, 11) is 0. The van der Waals surface area contributed by atoms with Crippen LogP contribution in [0, 0.1) is 0 Å². The van der Waals surface area contributed by atoms with E-state index in [1.54, 1.807) is 18.3 Å². The minimum atomic E-state index is 0.345. The van der Waals surface area contributed by atoms with Crippen LogP contribution in [0.4, 0.5) is 17.8 Å². The summed E-state index contributed by atoms with van der Waals surface area (Å²) in [5.74, 6) is 2.63. The lowest BCUT2D eigenvalue weighted by Crippen LogP contribution is -2.34. The van der Waals surface area contributed by atoms with Crippen LogP contribution in [0.15, 0.2) is 47.6 Å². The molecule has 0 saturated carbocycles. The van der Waals surface area contributed by atoms with Crippen molar-refractivity contribution >= 4 is 47.3 Å². The second-order valence-corrected chi connectivity index (χ2v) is 10.2. The molecule has 3 heterocycles. The fourth-order valence-corrected chi connectivity index (χ4v) is 4.99. The van der Waals surface area contributed by atoms with Crippen LogP contribution < -0.4 is 20.0 Å². The SMILES string of the molecule is Clc1ccc(COc2cccc(C=NNc3nc(N4CCCCC4)nc(N4CCCCC4)n3)c2)c(Cl)c1. The maximum atomic E-state index is 6.26. The van der Waals surface area contributed by atoms with Crippen molar-refractivity contribution in [1.82, 2.24) is 15.0 Å². The van der Waals surface area contributed by atoms with Crippen molar-refractivity contribution < 1.29 is 4.74 Å². The van der Waals surface area contributed by atoms with Crippen molar-refractivity contribution in [3.8, 4) is 5.75 Å². The topological polar surface area (TPSA) is 78.8 Å². The lowest BCUT2D eigenvalue weighted by Gasteiger charge is -2.30. The highest BCUT2D eigenvalue weighted by Crippen LogP contribution is 2.24. The number of hydrazone groups is 1. The van der Waals surface area contributed by atoms with E-state index in [-0.39, 0.29) is 0 Å². The van der Waals surface area contributed by atoms with Gasteiger partial charge < -0.3 is 14.5 Å². The van der Waals surface area contributed by atoms with Gasteiger partial charge >= 0.3 is 0 Å². The largest absolute Gasteiger partial charge is 0.489 e. The molecule has 0 radical (unpaired) electrons. The van der Waals surface area contributed by atoms with Crippen LogP contribution >= 0.6 is 23.2 Å². The number of anilines is 3. The number of piperidine rings is 2. The third kappa shape index (κ3) is 7.02. The highest BCUT2D eigenvalue weighted by molar-refractivity contribution is 6.35. The average molecular weight is 540 g/mol. The van der Waals surface area contributed by atoms with Crippen LogP contribution in [0.2, 0.25) is 10.0 Å². The van der Waals surface area contributed by atoms with E-state index in [2.05, 4.69) is 30.3 Å². The monoisotopic (exact) mass is 539 g/mol. The fraction of sp³-hybridized carbons (Fsp3) is 0.407. The highest BCUT2D eigenvalue weighted by Gasteiger charge is 2.20. The normalized spacial score (nSPS) is 16.3. The van der Waals surface area contributed by atoms with Crippen molar-refractivity contribution in [3.63, 3.8) is 0 Å². The maximum absolute atomic E-state index is 6.26. The first kappa shape index (κ1) is 25.5. The predicted molar refractivity (Wildman–Crippen MR) is 150 cm³/mol. The van der Waals surface area contributed by atoms with Gasteiger partial charge in [0.25, 0.3) is 0 Å². The molecule has 2 fully saturated rings. The predicted octanol–water partition coefficient (Wildman–Crippen LogP) is 6.18. The smallest absolute Gasteiger partial charge is 0.250 e. The third-order valence-corrected chi connectivity index (χ3v) is 7.12. The standard InChI is InChI=1S/C27H31Cl2N7O/c28-22-11-10-21(24(29)17-22)19-37-23-9-7-8-20(16-23)18-30-34-25-31-26(35-12-3-1-4-13-35)33-27(32-25)36-14-5-2-6-15-36/h7-11,16-18H,1-6,12-15,19H2,(H,31,32,33,34). The summed E-state index contributed by atoms with van der Waals surface area (Å²) in [6.07, 6.45) is 8.88. The Bertz CT molecular complexity index is 1190. The van der Waals surface area contributed by atoms with E-state index in [0.29, 0.717) is 22.6 Å². The van der Waals surface area contributed by atoms with E-state index in [0.717, 1.165) is 80.6 Å². The number of halogens is 2. The van der Waals surface area contributed by atoms with E-state index >= 15 is 0 Å². The van der Waals surface area contributed by atoms with Crippen LogP contribution in [0.1, 0.15) is 49.7 Å². The molecular formula is C27H31Cl2N7O. The van der Waals surface area contributed by atoms with Crippen molar-refractivity contribution in [3.05, 3.63) is 63.6 Å². The van der Waals surface area contributed by atoms with E-state index in [1.807, 2.05) is 30.3 Å². The number of nitrogens with one attached hydrogen (secondary N) is 1. The van der Waals surface area contributed by atoms with Crippen molar-refractivity contribution in [2.75, 3.05) is 41.4 Å². The summed E-state index contributed by atoms with van der Waals surface area (Å²) in [5, 5.41) is 5.60. The number of hydrogen-bond acceptors (Lipinski definition) is 8. The molecule has 0 unspecified atom stereocenters. The number of ether oxygens (including phenoxy) is 1. The molecule has 0 bridgehead atoms. The van der Waals surface area contributed by atoms with Crippen molar-refractivity contribution in [2.24, 2.45) is 5.10 Å². The zero-order valence-electron chi connectivity index (χ0n) is 20.7. The van der Waals surface area contributed by atoms with Crippen LogP contribution in [0.3, 0.4) is 0 Å². The van der Waals surface area contributed by atoms with Gasteiger partial charge in [-0.3, -0.25) is 0 Å². The molecule has 10 heteroatoms. The Morgan fingerprint density at radius 1 is 0.838 bits per heavy atom. The third-order valence-electron chi connectivity index (χ3n) is 6.54. The molecule has 37 heavy (non-hydrogen) atoms. The Labute approximate surface area is 227 Å². The summed E-state index contributed by atoms with van der Waals surface area (Å²) >= 11 is 12.2. The molecule has 2 aliphatic rings. The molecule has 194 valence electrons. The Balaban J connectivity index is 1.27. The van der Waals surface area contributed by atoms with Gasteiger partial charge in [0.2, 0.25) is 17.8 Å². The van der Waals surface area contributed by atoms with Gasteiger partial charge in [0.1, 0.15) is 12.4 Å². The van der Waals surface area contributed by atoms with E-state index < -0.39 is 0 Å². The molecule has 0 spiro atoms. The van der Waals surface area contributed by atoms with Gasteiger partial charge in [-0.05, 0) is 68.4 Å². The number of aromatic nitrogens is 3. The number of nitrogens with zero attached hydrogens (tertiary/aromatic N) is 6. The average Bonchev–Trinajstić information content (AvgIpc) is 2.94. The molecule has 1 N–H and O–H groups in total. The van der Waals surface area contributed by atoms with Gasteiger partial charge in [0.15, 0.2) is 0 Å². The molecule has 2 aliphatic heterocycles. The molecule has 2 saturated heterocycles. The van der Waals surface area contributed by atoms with Crippen molar-refractivity contribution in [2.45, 2.75) is 45.1 Å². The second kappa shape index (κ2) is 12.4. The maximum Gasteiger partial charge on any atom is 0.250 e. The van der Waals surface area contributed by atoms with Crippen LogP contribution in [0.25, 0.3) is 0 Å². The van der Waals surface area contributed by atoms with Gasteiger partial charge in [-0.2, -0.15) is 20.1 Å². The summed E-state index contributed by atoms with van der Waals surface area (Å²) in [6.45, 7) is 4.24. The summed E-state index contributed by atoms with van der Waals surface area (Å²) in [5.41, 5.74) is 4.78. The lowest BCUT2D eigenvalue weighted by atomic mass is 10.1.